The molecule has 0 unspecified atom stereocenters. The van der Waals surface area contributed by atoms with Crippen LogP contribution in [-0.4, -0.2) is 23.9 Å². The SMILES string of the molecule is O=C(Nc1ccccc1N1CCCC1)c1cc([N+](=O)[O-])ccc1Cl. The van der Waals surface area contributed by atoms with Crippen molar-refractivity contribution in [3.8, 4) is 0 Å². The Labute approximate surface area is 144 Å². The van der Waals surface area contributed by atoms with Gasteiger partial charge in [0.05, 0.1) is 26.9 Å². The molecule has 6 nitrogen and oxygen atoms in total. The molecule has 1 aliphatic rings. The normalized spacial score (nSPS) is 13.8. The summed E-state index contributed by atoms with van der Waals surface area (Å²) in [5.41, 5.74) is 1.54. The van der Waals surface area contributed by atoms with Gasteiger partial charge in [0.15, 0.2) is 0 Å². The van der Waals surface area contributed by atoms with Crippen LogP contribution in [0.4, 0.5) is 17.1 Å². The minimum atomic E-state index is -0.550. The number of non-ortho nitro benzene ring substituents is 1. The van der Waals surface area contributed by atoms with E-state index in [2.05, 4.69) is 10.2 Å². The molecule has 2 aromatic carbocycles. The Bertz CT molecular complexity index is 788. The lowest BCUT2D eigenvalue weighted by Gasteiger charge is -2.21. The second-order valence-electron chi connectivity index (χ2n) is 5.59. The topological polar surface area (TPSA) is 75.5 Å². The number of hydrogen-bond donors (Lipinski definition) is 1. The molecule has 0 radical (unpaired) electrons. The molecule has 0 aromatic heterocycles. The Kier molecular flexibility index (Phi) is 4.66. The standard InChI is InChI=1S/C17H16ClN3O3/c18-14-8-7-12(21(23)24)11-13(14)17(22)19-15-5-1-2-6-16(15)20-9-3-4-10-20/h1-2,5-8,11H,3-4,9-10H2,(H,19,22). The van der Waals surface area contributed by atoms with Gasteiger partial charge in [-0.15, -0.1) is 0 Å². The van der Waals surface area contributed by atoms with Gasteiger partial charge >= 0.3 is 0 Å². The molecule has 1 saturated heterocycles. The van der Waals surface area contributed by atoms with E-state index in [1.165, 1.54) is 18.2 Å². The minimum Gasteiger partial charge on any atom is -0.370 e. The van der Waals surface area contributed by atoms with Crippen LogP contribution >= 0.6 is 11.6 Å². The number of carbonyl (C=O) groups is 1. The van der Waals surface area contributed by atoms with Crippen molar-refractivity contribution < 1.29 is 9.72 Å². The molecule has 7 heteroatoms. The fourth-order valence-electron chi connectivity index (χ4n) is 2.80. The summed E-state index contributed by atoms with van der Waals surface area (Å²) in [5.74, 6) is -0.463. The van der Waals surface area contributed by atoms with Crippen molar-refractivity contribution in [2.24, 2.45) is 0 Å². The number of nitro benzene ring substituents is 1. The summed E-state index contributed by atoms with van der Waals surface area (Å²) in [5, 5.41) is 13.9. The maximum atomic E-state index is 12.5. The van der Waals surface area contributed by atoms with Crippen molar-refractivity contribution in [2.45, 2.75) is 12.8 Å². The van der Waals surface area contributed by atoms with Crippen LogP contribution < -0.4 is 10.2 Å². The third kappa shape index (κ3) is 3.33. The van der Waals surface area contributed by atoms with E-state index in [1.807, 2.05) is 24.3 Å². The third-order valence-electron chi connectivity index (χ3n) is 4.00. The zero-order chi connectivity index (χ0) is 17.1. The number of rotatable bonds is 4. The minimum absolute atomic E-state index is 0.0853. The first-order valence-electron chi connectivity index (χ1n) is 7.65. The molecular formula is C17H16ClN3O3. The fourth-order valence-corrected chi connectivity index (χ4v) is 3.01. The molecule has 1 amide bonds. The molecule has 3 rings (SSSR count). The Morgan fingerprint density at radius 1 is 1.17 bits per heavy atom. The van der Waals surface area contributed by atoms with Crippen molar-refractivity contribution in [1.29, 1.82) is 0 Å². The van der Waals surface area contributed by atoms with E-state index in [-0.39, 0.29) is 16.3 Å². The first-order valence-corrected chi connectivity index (χ1v) is 8.03. The molecule has 24 heavy (non-hydrogen) atoms. The number of amides is 1. The van der Waals surface area contributed by atoms with E-state index >= 15 is 0 Å². The maximum Gasteiger partial charge on any atom is 0.270 e. The van der Waals surface area contributed by atoms with Gasteiger partial charge in [-0.05, 0) is 31.0 Å². The highest BCUT2D eigenvalue weighted by atomic mass is 35.5. The molecule has 2 aromatic rings. The van der Waals surface area contributed by atoms with E-state index in [1.54, 1.807) is 0 Å². The Morgan fingerprint density at radius 3 is 2.58 bits per heavy atom. The van der Waals surface area contributed by atoms with Gasteiger partial charge in [0, 0.05) is 25.2 Å². The van der Waals surface area contributed by atoms with Gasteiger partial charge in [-0.25, -0.2) is 0 Å². The number of carbonyl (C=O) groups excluding carboxylic acids is 1. The van der Waals surface area contributed by atoms with E-state index in [0.717, 1.165) is 31.6 Å². The maximum absolute atomic E-state index is 12.5. The molecule has 0 bridgehead atoms. The highest BCUT2D eigenvalue weighted by Gasteiger charge is 2.19. The first kappa shape index (κ1) is 16.3. The predicted octanol–water partition coefficient (Wildman–Crippen LogP) is 4.10. The number of nitrogens with zero attached hydrogens (tertiary/aromatic N) is 2. The molecule has 0 saturated carbocycles. The van der Waals surface area contributed by atoms with Crippen molar-refractivity contribution >= 4 is 34.6 Å². The molecule has 0 atom stereocenters. The summed E-state index contributed by atoms with van der Waals surface area (Å²) < 4.78 is 0. The molecule has 0 aliphatic carbocycles. The summed E-state index contributed by atoms with van der Waals surface area (Å²) >= 11 is 6.04. The van der Waals surface area contributed by atoms with Gasteiger partial charge in [0.2, 0.25) is 0 Å². The summed E-state index contributed by atoms with van der Waals surface area (Å²) in [4.78, 5) is 25.1. The predicted molar refractivity (Wildman–Crippen MR) is 93.9 cm³/mol. The van der Waals surface area contributed by atoms with Crippen LogP contribution in [0.3, 0.4) is 0 Å². The molecular weight excluding hydrogens is 330 g/mol. The quantitative estimate of drug-likeness (QED) is 0.668. The molecule has 124 valence electrons. The van der Waals surface area contributed by atoms with Crippen molar-refractivity contribution in [2.75, 3.05) is 23.3 Å². The molecule has 1 aliphatic heterocycles. The second-order valence-corrected chi connectivity index (χ2v) is 5.99. The van der Waals surface area contributed by atoms with Gasteiger partial charge < -0.3 is 10.2 Å². The lowest BCUT2D eigenvalue weighted by atomic mass is 10.1. The van der Waals surface area contributed by atoms with Crippen LogP contribution in [0.25, 0.3) is 0 Å². The average Bonchev–Trinajstić information content (AvgIpc) is 3.09. The van der Waals surface area contributed by atoms with Crippen LogP contribution in [0.2, 0.25) is 5.02 Å². The summed E-state index contributed by atoms with van der Waals surface area (Å²) in [6.45, 7) is 1.90. The van der Waals surface area contributed by atoms with Gasteiger partial charge in [0.1, 0.15) is 0 Å². The largest absolute Gasteiger partial charge is 0.370 e. The number of anilines is 2. The molecule has 0 spiro atoms. The summed E-state index contributed by atoms with van der Waals surface area (Å²) in [6, 6.07) is 11.4. The number of halogens is 1. The van der Waals surface area contributed by atoms with E-state index in [0.29, 0.717) is 5.69 Å². The Balaban J connectivity index is 1.88. The smallest absolute Gasteiger partial charge is 0.270 e. The van der Waals surface area contributed by atoms with Crippen LogP contribution in [0.15, 0.2) is 42.5 Å². The average molecular weight is 346 g/mol. The number of nitrogens with one attached hydrogen (secondary N) is 1. The van der Waals surface area contributed by atoms with Gasteiger partial charge in [-0.1, -0.05) is 23.7 Å². The van der Waals surface area contributed by atoms with Crippen molar-refractivity contribution in [3.05, 3.63) is 63.2 Å². The summed E-state index contributed by atoms with van der Waals surface area (Å²) in [7, 11) is 0. The van der Waals surface area contributed by atoms with Gasteiger partial charge in [-0.3, -0.25) is 14.9 Å². The highest BCUT2D eigenvalue weighted by molar-refractivity contribution is 6.34. The monoisotopic (exact) mass is 345 g/mol. The van der Waals surface area contributed by atoms with E-state index in [4.69, 9.17) is 11.6 Å². The van der Waals surface area contributed by atoms with Gasteiger partial charge in [0.25, 0.3) is 11.6 Å². The van der Waals surface area contributed by atoms with Crippen molar-refractivity contribution in [1.82, 2.24) is 0 Å². The molecule has 1 N–H and O–H groups in total. The first-order chi connectivity index (χ1) is 11.6. The van der Waals surface area contributed by atoms with E-state index in [9.17, 15) is 14.9 Å². The molecule has 1 heterocycles. The second kappa shape index (κ2) is 6.88. The van der Waals surface area contributed by atoms with Gasteiger partial charge in [-0.2, -0.15) is 0 Å². The highest BCUT2D eigenvalue weighted by Crippen LogP contribution is 2.30. The summed E-state index contributed by atoms with van der Waals surface area (Å²) in [6.07, 6.45) is 2.25. The van der Waals surface area contributed by atoms with Crippen molar-refractivity contribution in [3.63, 3.8) is 0 Å². The number of para-hydroxylation sites is 2. The fraction of sp³-hybridized carbons (Fsp3) is 0.235. The third-order valence-corrected chi connectivity index (χ3v) is 4.33. The molecule has 1 fully saturated rings. The van der Waals surface area contributed by atoms with Crippen LogP contribution in [-0.2, 0) is 0 Å². The zero-order valence-corrected chi connectivity index (χ0v) is 13.6. The van der Waals surface area contributed by atoms with E-state index < -0.39 is 10.8 Å². The lowest BCUT2D eigenvalue weighted by Crippen LogP contribution is -2.21. The Morgan fingerprint density at radius 2 is 1.88 bits per heavy atom. The van der Waals surface area contributed by atoms with Crippen LogP contribution in [0.5, 0.6) is 0 Å². The number of hydrogen-bond acceptors (Lipinski definition) is 4. The zero-order valence-electron chi connectivity index (χ0n) is 12.9. The Hall–Kier alpha value is -2.60. The van der Waals surface area contributed by atoms with Crippen LogP contribution in [0.1, 0.15) is 23.2 Å². The lowest BCUT2D eigenvalue weighted by molar-refractivity contribution is -0.384. The van der Waals surface area contributed by atoms with Crippen LogP contribution in [0, 0.1) is 10.1 Å². The number of nitro groups is 1. The number of benzene rings is 2.